The van der Waals surface area contributed by atoms with Gasteiger partial charge in [-0.2, -0.15) is 0 Å². The lowest BCUT2D eigenvalue weighted by Crippen LogP contribution is -2.46. The zero-order valence-corrected chi connectivity index (χ0v) is 13.2. The van der Waals surface area contributed by atoms with Gasteiger partial charge in [0.2, 0.25) is 5.91 Å². The maximum Gasteiger partial charge on any atom is 0.328 e. The maximum absolute atomic E-state index is 11.2. The van der Waals surface area contributed by atoms with Crippen LogP contribution in [-0.2, 0) is 14.4 Å². The zero-order chi connectivity index (χ0) is 17.2. The minimum Gasteiger partial charge on any atom is -0.478 e. The highest BCUT2D eigenvalue weighted by atomic mass is 16.4. The molecular weight excluding hydrogens is 288 g/mol. The topological polar surface area (TPSA) is 130 Å². The first-order chi connectivity index (χ1) is 10.2. The molecule has 0 radical (unpaired) electrons. The summed E-state index contributed by atoms with van der Waals surface area (Å²) >= 11 is 0. The van der Waals surface area contributed by atoms with E-state index >= 15 is 0 Å². The monoisotopic (exact) mass is 314 g/mol. The Balaban J connectivity index is 0.000000472. The van der Waals surface area contributed by atoms with Crippen molar-refractivity contribution >= 4 is 17.8 Å². The van der Waals surface area contributed by atoms with Gasteiger partial charge in [0.15, 0.2) is 0 Å². The van der Waals surface area contributed by atoms with E-state index in [1.165, 1.54) is 25.7 Å². The minimum absolute atomic E-state index is 0.0482. The first kappa shape index (κ1) is 20.1. The smallest absolute Gasteiger partial charge is 0.328 e. The lowest BCUT2D eigenvalue weighted by molar-refractivity contribution is -0.134. The van der Waals surface area contributed by atoms with Crippen LogP contribution in [0.15, 0.2) is 12.2 Å². The number of nitrogens with one attached hydrogen (secondary N) is 1. The van der Waals surface area contributed by atoms with Crippen molar-refractivity contribution in [2.45, 2.75) is 51.5 Å². The summed E-state index contributed by atoms with van der Waals surface area (Å²) in [5, 5.41) is 18.6. The van der Waals surface area contributed by atoms with Crippen LogP contribution in [0.3, 0.4) is 0 Å². The van der Waals surface area contributed by atoms with Crippen LogP contribution in [0.25, 0.3) is 0 Å². The molecule has 0 bridgehead atoms. The number of carbonyl (C=O) groups is 3. The van der Waals surface area contributed by atoms with E-state index in [0.717, 1.165) is 12.3 Å². The Bertz CT molecular complexity index is 396. The molecule has 0 aromatic carbocycles. The van der Waals surface area contributed by atoms with Crippen LogP contribution in [-0.4, -0.2) is 40.1 Å². The van der Waals surface area contributed by atoms with Crippen LogP contribution < -0.4 is 11.1 Å². The average Bonchev–Trinajstić information content (AvgIpc) is 2.88. The number of amides is 1. The van der Waals surface area contributed by atoms with E-state index in [2.05, 4.69) is 19.2 Å². The number of nitrogens with two attached hydrogens (primary N) is 1. The molecule has 1 aliphatic rings. The Hall–Kier alpha value is -1.89. The molecule has 1 rings (SSSR count). The molecule has 1 saturated carbocycles. The van der Waals surface area contributed by atoms with Gasteiger partial charge in [0.05, 0.1) is 6.54 Å². The molecule has 0 saturated heterocycles. The van der Waals surface area contributed by atoms with Gasteiger partial charge in [-0.25, -0.2) is 9.59 Å². The van der Waals surface area contributed by atoms with Crippen LogP contribution >= 0.6 is 0 Å². The van der Waals surface area contributed by atoms with Crippen LogP contribution in [0, 0.1) is 5.92 Å². The molecule has 5 N–H and O–H groups in total. The van der Waals surface area contributed by atoms with Crippen LogP contribution in [0.2, 0.25) is 0 Å². The van der Waals surface area contributed by atoms with Gasteiger partial charge < -0.3 is 21.3 Å². The Labute approximate surface area is 130 Å². The van der Waals surface area contributed by atoms with Crippen LogP contribution in [0.1, 0.15) is 46.0 Å². The fourth-order valence-electron chi connectivity index (χ4n) is 2.56. The van der Waals surface area contributed by atoms with E-state index in [1.54, 1.807) is 0 Å². The Morgan fingerprint density at radius 3 is 1.95 bits per heavy atom. The van der Waals surface area contributed by atoms with E-state index in [9.17, 15) is 14.4 Å². The fourth-order valence-corrected chi connectivity index (χ4v) is 2.56. The molecule has 0 unspecified atom stereocenters. The van der Waals surface area contributed by atoms with Crippen molar-refractivity contribution in [2.24, 2.45) is 11.7 Å². The summed E-state index contributed by atoms with van der Waals surface area (Å²) < 4.78 is 0. The fraction of sp³-hybridized carbons (Fsp3) is 0.667. The Morgan fingerprint density at radius 1 is 1.14 bits per heavy atom. The highest BCUT2D eigenvalue weighted by Crippen LogP contribution is 2.31. The third-order valence-corrected chi connectivity index (χ3v) is 3.31. The molecule has 1 fully saturated rings. The number of hydrogen-bond acceptors (Lipinski definition) is 4. The van der Waals surface area contributed by atoms with Gasteiger partial charge in [-0.15, -0.1) is 0 Å². The molecule has 0 aliphatic heterocycles. The van der Waals surface area contributed by atoms with Gasteiger partial charge in [0.1, 0.15) is 0 Å². The number of aliphatic carboxylic acids is 2. The molecule has 7 heteroatoms. The van der Waals surface area contributed by atoms with Gasteiger partial charge in [-0.3, -0.25) is 4.79 Å². The second-order valence-corrected chi connectivity index (χ2v) is 6.00. The lowest BCUT2D eigenvalue weighted by Gasteiger charge is -2.29. The molecular formula is C15H26N2O5. The second kappa shape index (κ2) is 9.94. The van der Waals surface area contributed by atoms with Crippen molar-refractivity contribution in [3.05, 3.63) is 12.2 Å². The molecule has 1 amide bonds. The number of rotatable bonds is 6. The maximum atomic E-state index is 11.2. The number of carboxylic acid groups (broad SMARTS) is 2. The molecule has 0 aromatic heterocycles. The molecule has 22 heavy (non-hydrogen) atoms. The van der Waals surface area contributed by atoms with E-state index < -0.39 is 11.9 Å². The highest BCUT2D eigenvalue weighted by molar-refractivity contribution is 5.89. The third-order valence-electron chi connectivity index (χ3n) is 3.31. The molecule has 7 nitrogen and oxygen atoms in total. The van der Waals surface area contributed by atoms with Crippen molar-refractivity contribution in [1.82, 2.24) is 5.32 Å². The van der Waals surface area contributed by atoms with Crippen LogP contribution in [0.5, 0.6) is 0 Å². The van der Waals surface area contributed by atoms with Crippen molar-refractivity contribution in [1.29, 1.82) is 0 Å². The van der Waals surface area contributed by atoms with Gasteiger partial charge in [-0.1, -0.05) is 25.7 Å². The summed E-state index contributed by atoms with van der Waals surface area (Å²) in [7, 11) is 0. The average molecular weight is 314 g/mol. The molecule has 0 aromatic rings. The second-order valence-electron chi connectivity index (χ2n) is 6.00. The van der Waals surface area contributed by atoms with Crippen molar-refractivity contribution < 1.29 is 24.6 Å². The van der Waals surface area contributed by atoms with E-state index in [0.29, 0.717) is 12.2 Å². The summed E-state index contributed by atoms with van der Waals surface area (Å²) in [6.45, 7) is 4.26. The molecule has 0 atom stereocenters. The van der Waals surface area contributed by atoms with Crippen molar-refractivity contribution in [3.8, 4) is 0 Å². The SMILES string of the molecule is CC(C)(CC1CCCC1)NC(=O)CN.O=C(O)/C=C/C(=O)O. The predicted molar refractivity (Wildman–Crippen MR) is 82.3 cm³/mol. The van der Waals surface area contributed by atoms with Gasteiger partial charge in [-0.05, 0) is 26.2 Å². The first-order valence-electron chi connectivity index (χ1n) is 7.31. The quantitative estimate of drug-likeness (QED) is 0.544. The van der Waals surface area contributed by atoms with Gasteiger partial charge >= 0.3 is 11.9 Å². The summed E-state index contributed by atoms with van der Waals surface area (Å²) in [6.07, 6.45) is 7.55. The standard InChI is InChI=1S/C11H22N2O.C4H4O4/c1-11(2,13-10(14)8-12)7-9-5-3-4-6-9;5-3(6)1-2-4(7)8/h9H,3-8,12H2,1-2H3,(H,13,14);1-2H,(H,5,6)(H,7,8)/b;2-1+. The van der Waals surface area contributed by atoms with Crippen LogP contribution in [0.4, 0.5) is 0 Å². The number of carboxylic acids is 2. The number of hydrogen-bond donors (Lipinski definition) is 4. The predicted octanol–water partition coefficient (Wildman–Crippen LogP) is 1.13. The van der Waals surface area contributed by atoms with Gasteiger partial charge in [0, 0.05) is 17.7 Å². The molecule has 0 spiro atoms. The zero-order valence-electron chi connectivity index (χ0n) is 13.2. The number of carbonyl (C=O) groups excluding carboxylic acids is 1. The molecule has 1 aliphatic carbocycles. The molecule has 126 valence electrons. The lowest BCUT2D eigenvalue weighted by atomic mass is 9.89. The van der Waals surface area contributed by atoms with Gasteiger partial charge in [0.25, 0.3) is 0 Å². The van der Waals surface area contributed by atoms with Crippen molar-refractivity contribution in [3.63, 3.8) is 0 Å². The molecule has 0 heterocycles. The third kappa shape index (κ3) is 10.8. The van der Waals surface area contributed by atoms with E-state index in [1.807, 2.05) is 0 Å². The highest BCUT2D eigenvalue weighted by Gasteiger charge is 2.26. The first-order valence-corrected chi connectivity index (χ1v) is 7.31. The summed E-state index contributed by atoms with van der Waals surface area (Å²) in [5.74, 6) is -1.77. The summed E-state index contributed by atoms with van der Waals surface area (Å²) in [4.78, 5) is 30.3. The van der Waals surface area contributed by atoms with E-state index in [4.69, 9.17) is 15.9 Å². The normalized spacial score (nSPS) is 15.2. The summed E-state index contributed by atoms with van der Waals surface area (Å²) in [6, 6.07) is 0. The Kier molecular flexibility index (Phi) is 9.09. The van der Waals surface area contributed by atoms with E-state index in [-0.39, 0.29) is 18.0 Å². The summed E-state index contributed by atoms with van der Waals surface area (Å²) in [5.41, 5.74) is 5.18. The Morgan fingerprint density at radius 2 is 1.59 bits per heavy atom. The largest absolute Gasteiger partial charge is 0.478 e. The van der Waals surface area contributed by atoms with Crippen molar-refractivity contribution in [2.75, 3.05) is 6.54 Å². The minimum atomic E-state index is -1.26.